The number of carbonyl (C=O) groups is 7. The summed E-state index contributed by atoms with van der Waals surface area (Å²) in [5, 5.41) is 40.4. The normalized spacial score (nSPS) is 31.1. The highest BCUT2D eigenvalue weighted by Crippen LogP contribution is 2.70. The van der Waals surface area contributed by atoms with Crippen molar-refractivity contribution < 1.29 is 58.4 Å². The highest BCUT2D eigenvalue weighted by molar-refractivity contribution is 7.81. The van der Waals surface area contributed by atoms with E-state index in [0.29, 0.717) is 24.1 Å². The number of carboxylic acids is 1. The zero-order chi connectivity index (χ0) is 47.0. The Morgan fingerprint density at radius 3 is 2.38 bits per heavy atom. The third-order valence-corrected chi connectivity index (χ3v) is 14.9. The lowest BCUT2D eigenvalue weighted by Crippen LogP contribution is -2.63. The quantitative estimate of drug-likeness (QED) is 0.113. The van der Waals surface area contributed by atoms with Gasteiger partial charge in [0.05, 0.1) is 23.9 Å². The summed E-state index contributed by atoms with van der Waals surface area (Å²) in [7, 11) is 0. The Morgan fingerprint density at radius 1 is 0.954 bits per heavy atom. The Kier molecular flexibility index (Phi) is 13.9. The molecule has 2 aromatic carbocycles. The molecular formula is C48H58N4O12S. The van der Waals surface area contributed by atoms with Crippen LogP contribution in [-0.4, -0.2) is 105 Å². The highest BCUT2D eigenvalue weighted by Gasteiger charge is 2.76. The Balaban J connectivity index is 0.927. The van der Waals surface area contributed by atoms with Gasteiger partial charge in [-0.2, -0.15) is 12.6 Å². The van der Waals surface area contributed by atoms with Crippen molar-refractivity contribution in [2.75, 3.05) is 18.5 Å². The summed E-state index contributed by atoms with van der Waals surface area (Å²) in [6, 6.07) is 13.0. The molecule has 2 aromatic rings. The minimum absolute atomic E-state index is 0.0161. The van der Waals surface area contributed by atoms with Gasteiger partial charge < -0.3 is 46.1 Å². The van der Waals surface area contributed by atoms with Gasteiger partial charge in [-0.3, -0.25) is 33.6 Å². The molecule has 65 heavy (non-hydrogen) atoms. The van der Waals surface area contributed by atoms with E-state index in [1.807, 2.05) is 49.4 Å². The van der Waals surface area contributed by atoms with Gasteiger partial charge in [-0.1, -0.05) is 61.9 Å². The molecule has 12 atom stereocenters. The van der Waals surface area contributed by atoms with Gasteiger partial charge >= 0.3 is 5.97 Å². The fourth-order valence-electron chi connectivity index (χ4n) is 11.3. The monoisotopic (exact) mass is 914 g/mol. The van der Waals surface area contributed by atoms with E-state index in [1.165, 1.54) is 13.8 Å². The van der Waals surface area contributed by atoms with Crippen molar-refractivity contribution in [1.29, 1.82) is 0 Å². The maximum atomic E-state index is 14.0. The molecule has 0 bridgehead atoms. The Labute approximate surface area is 382 Å². The summed E-state index contributed by atoms with van der Waals surface area (Å²) in [5.74, 6) is -4.02. The summed E-state index contributed by atoms with van der Waals surface area (Å²) in [4.78, 5) is 87.1. The number of aliphatic carboxylic acids is 1. The fourth-order valence-corrected chi connectivity index (χ4v) is 11.6. The number of rotatable bonds is 16. The van der Waals surface area contributed by atoms with Crippen molar-refractivity contribution in [3.05, 3.63) is 89.0 Å². The number of hydrogen-bond donors (Lipinski definition) is 8. The maximum Gasteiger partial charge on any atom is 0.304 e. The number of carbonyl (C=O) groups excluding carboxylic acids is 6. The zero-order valence-electron chi connectivity index (χ0n) is 36.9. The Morgan fingerprint density at radius 2 is 1.68 bits per heavy atom. The van der Waals surface area contributed by atoms with Crippen molar-refractivity contribution in [1.82, 2.24) is 16.0 Å². The minimum Gasteiger partial charge on any atom is -0.481 e. The predicted octanol–water partition coefficient (Wildman–Crippen LogP) is 3.11. The van der Waals surface area contributed by atoms with Gasteiger partial charge in [0, 0.05) is 41.0 Å². The Bertz CT molecular complexity index is 2300. The van der Waals surface area contributed by atoms with Gasteiger partial charge in [0.1, 0.15) is 18.7 Å². The number of nitrogens with one attached hydrogen (secondary N) is 4. The first-order chi connectivity index (χ1) is 30.8. The maximum absolute atomic E-state index is 14.0. The topological polar surface area (TPSA) is 247 Å². The zero-order valence-corrected chi connectivity index (χ0v) is 37.8. The van der Waals surface area contributed by atoms with Crippen molar-refractivity contribution >= 4 is 59.5 Å². The second-order valence-electron chi connectivity index (χ2n) is 18.6. The largest absolute Gasteiger partial charge is 0.481 e. The molecule has 4 amide bonds. The number of ether oxygens (including phenoxy) is 2. The predicted molar refractivity (Wildman–Crippen MR) is 239 cm³/mol. The first kappa shape index (κ1) is 47.8. The number of aliphatic hydroxyl groups is 2. The number of thiol groups is 1. The van der Waals surface area contributed by atoms with Gasteiger partial charge in [-0.25, -0.2) is 0 Å². The lowest BCUT2D eigenvalue weighted by Gasteiger charge is -2.59. The van der Waals surface area contributed by atoms with Crippen molar-refractivity contribution in [3.8, 4) is 0 Å². The molecule has 0 radical (unpaired) electrons. The summed E-state index contributed by atoms with van der Waals surface area (Å²) in [6.45, 7) is 6.26. The molecule has 17 heteroatoms. The second kappa shape index (κ2) is 19.0. The lowest BCUT2D eigenvalue weighted by atomic mass is 9.46. The number of amides is 4. The molecule has 4 aliphatic carbocycles. The molecule has 7 rings (SSSR count). The van der Waals surface area contributed by atoms with Crippen LogP contribution in [0.3, 0.4) is 0 Å². The van der Waals surface area contributed by atoms with Gasteiger partial charge in [0.25, 0.3) is 0 Å². The highest BCUT2D eigenvalue weighted by atomic mass is 32.1. The van der Waals surface area contributed by atoms with Gasteiger partial charge in [0.15, 0.2) is 23.5 Å². The van der Waals surface area contributed by atoms with E-state index in [0.717, 1.165) is 29.5 Å². The van der Waals surface area contributed by atoms with E-state index in [9.17, 15) is 43.8 Å². The van der Waals surface area contributed by atoms with Crippen LogP contribution in [0.4, 0.5) is 5.69 Å². The van der Waals surface area contributed by atoms with Gasteiger partial charge in [-0.15, -0.1) is 0 Å². The SMILES string of the molecule is C[C@H](NC(=O)CCNC(=O)C(S)CC(=O)O)C(=O)N[C@@H](C)C(=O)Nc1cccc(Cc2ccc([C@@H]3O[C@@H]4CC5[C@@H]6CCC7=CC(=O)C=C[C@]7(C)C6[C@@H](O)C[C@]5(C)[C@]4(C(=O)CO)O3)cc2)c1. The first-order valence-electron chi connectivity index (χ1n) is 22.1. The number of ketones is 2. The number of allylic oxidation sites excluding steroid dienone is 4. The molecule has 3 unspecified atom stereocenters. The molecule has 7 N–H and O–H groups in total. The van der Waals surface area contributed by atoms with Crippen molar-refractivity contribution in [2.24, 2.45) is 28.6 Å². The minimum atomic E-state index is -1.46. The van der Waals surface area contributed by atoms with Crippen LogP contribution in [0.1, 0.15) is 89.2 Å². The molecule has 3 saturated carbocycles. The van der Waals surface area contributed by atoms with Crippen LogP contribution in [0, 0.1) is 28.6 Å². The molecule has 1 saturated heterocycles. The van der Waals surface area contributed by atoms with Crippen molar-refractivity contribution in [2.45, 2.75) is 114 Å². The molecule has 16 nitrogen and oxygen atoms in total. The van der Waals surface area contributed by atoms with Crippen LogP contribution in [0.15, 0.2) is 72.3 Å². The number of Topliss-reactive ketones (excluding diaryl/α,β-unsaturated/α-hetero) is 1. The molecule has 4 fully saturated rings. The summed E-state index contributed by atoms with van der Waals surface area (Å²) >= 11 is 3.93. The van der Waals surface area contributed by atoms with Gasteiger partial charge in [0.2, 0.25) is 23.6 Å². The van der Waals surface area contributed by atoms with Crippen LogP contribution in [0.2, 0.25) is 0 Å². The average molecular weight is 915 g/mol. The number of carboxylic acid groups (broad SMARTS) is 1. The van der Waals surface area contributed by atoms with E-state index in [-0.39, 0.29) is 42.9 Å². The number of benzene rings is 2. The molecule has 0 spiro atoms. The Hall–Kier alpha value is -5.20. The standard InChI is InChI=1S/C48H58N4O12S/c1-25(50-39(57)15-17-49-44(62)36(65)22-40(58)59)42(60)51-26(2)43(61)52-31-7-5-6-28(19-31)18-27-8-10-29(11-9-27)45-63-38-21-34-33-13-12-30-20-32(54)14-16-46(30,3)41(33)35(55)23-47(34,4)48(38,64-45)37(56)24-53/h5-11,14,16,19-20,25-26,33-36,38,41,45,53,55,65H,12-13,15,17-18,21-24H2,1-4H3,(H,49,62)(H,50,57)(H,51,60)(H,52,61)(H,58,59)/t25-,26-,33-,34?,35-,36?,38+,41?,45+,46-,47-,48+/m0/s1. The molecule has 348 valence electrons. The molecule has 5 aliphatic rings. The van der Waals surface area contributed by atoms with E-state index in [4.69, 9.17) is 14.6 Å². The number of aliphatic hydroxyl groups excluding tert-OH is 2. The molecule has 1 aliphatic heterocycles. The number of anilines is 1. The van der Waals surface area contributed by atoms with E-state index in [2.05, 4.69) is 40.8 Å². The third kappa shape index (κ3) is 9.30. The third-order valence-electron chi connectivity index (χ3n) is 14.5. The lowest BCUT2D eigenvalue weighted by molar-refractivity contribution is -0.201. The van der Waals surface area contributed by atoms with Crippen LogP contribution in [0.5, 0.6) is 0 Å². The van der Waals surface area contributed by atoms with Crippen LogP contribution < -0.4 is 21.3 Å². The summed E-state index contributed by atoms with van der Waals surface area (Å²) in [6.07, 6.45) is 5.19. The second-order valence-corrected chi connectivity index (χ2v) is 19.2. The molecule has 1 heterocycles. The summed E-state index contributed by atoms with van der Waals surface area (Å²) < 4.78 is 13.4. The number of hydrogen-bond acceptors (Lipinski definition) is 12. The summed E-state index contributed by atoms with van der Waals surface area (Å²) in [5.41, 5.74) is 1.36. The van der Waals surface area contributed by atoms with Crippen molar-refractivity contribution in [3.63, 3.8) is 0 Å². The van der Waals surface area contributed by atoms with E-state index >= 15 is 0 Å². The van der Waals surface area contributed by atoms with Crippen LogP contribution in [0.25, 0.3) is 0 Å². The average Bonchev–Trinajstić information content (AvgIpc) is 3.76. The molecular weight excluding hydrogens is 857 g/mol. The number of fused-ring (bicyclic) bond motifs is 7. The van der Waals surface area contributed by atoms with Gasteiger partial charge in [-0.05, 0) is 93.2 Å². The van der Waals surface area contributed by atoms with E-state index < -0.39 is 101 Å². The van der Waals surface area contributed by atoms with E-state index in [1.54, 1.807) is 24.3 Å². The van der Waals surface area contributed by atoms with Crippen LogP contribution >= 0.6 is 12.6 Å². The molecule has 0 aromatic heterocycles. The fraction of sp³-hybridized carbons (Fsp3) is 0.521. The smallest absolute Gasteiger partial charge is 0.304 e. The van der Waals surface area contributed by atoms with Crippen LogP contribution in [-0.2, 0) is 49.5 Å². The first-order valence-corrected chi connectivity index (χ1v) is 22.7.